The summed E-state index contributed by atoms with van der Waals surface area (Å²) in [6.07, 6.45) is 2.18. The highest BCUT2D eigenvalue weighted by Crippen LogP contribution is 2.65. The Morgan fingerprint density at radius 3 is 2.45 bits per heavy atom. The van der Waals surface area contributed by atoms with Gasteiger partial charge in [-0.2, -0.15) is 15.8 Å². The second-order valence-electron chi connectivity index (χ2n) is 5.75. The molecule has 0 aromatic heterocycles. The molecule has 3 aliphatic heterocycles. The number of ether oxygens (including phenoxy) is 2. The second-order valence-corrected chi connectivity index (χ2v) is 5.75. The zero-order chi connectivity index (χ0) is 14.6. The van der Waals surface area contributed by atoms with E-state index < -0.39 is 28.6 Å². The summed E-state index contributed by atoms with van der Waals surface area (Å²) in [6.45, 7) is 1.65. The van der Waals surface area contributed by atoms with E-state index in [1.165, 1.54) is 0 Å². The van der Waals surface area contributed by atoms with Crippen molar-refractivity contribution in [1.82, 2.24) is 0 Å². The van der Waals surface area contributed by atoms with Gasteiger partial charge in [0.15, 0.2) is 10.8 Å². The molecule has 4 fully saturated rings. The number of hydrogen-bond donors (Lipinski definition) is 1. The van der Waals surface area contributed by atoms with Crippen LogP contribution in [0.25, 0.3) is 0 Å². The number of nitrogens with one attached hydrogen (secondary N) is 1. The highest BCUT2D eigenvalue weighted by atomic mass is 16.7. The zero-order valence-corrected chi connectivity index (χ0v) is 11.1. The van der Waals surface area contributed by atoms with Gasteiger partial charge in [0.25, 0.3) is 0 Å². The molecule has 4 unspecified atom stereocenters. The Morgan fingerprint density at radius 2 is 1.90 bits per heavy atom. The zero-order valence-electron chi connectivity index (χ0n) is 11.1. The molecule has 0 radical (unpaired) electrons. The SMILES string of the molecule is CC1OC23CCCCC2C(C#N)(C#N)C1(C#N)C(=N)O3. The van der Waals surface area contributed by atoms with Crippen molar-refractivity contribution < 1.29 is 9.47 Å². The van der Waals surface area contributed by atoms with Gasteiger partial charge < -0.3 is 9.47 Å². The smallest absolute Gasteiger partial charge is 0.217 e. The molecule has 1 aliphatic carbocycles. The molecular weight excluding hydrogens is 256 g/mol. The molecule has 0 amide bonds. The summed E-state index contributed by atoms with van der Waals surface area (Å²) >= 11 is 0. The van der Waals surface area contributed by atoms with Gasteiger partial charge in [-0.3, -0.25) is 5.41 Å². The predicted molar refractivity (Wildman–Crippen MR) is 65.8 cm³/mol. The van der Waals surface area contributed by atoms with Crippen LogP contribution in [0.1, 0.15) is 32.6 Å². The molecule has 0 aromatic carbocycles. The minimum absolute atomic E-state index is 0.292. The molecule has 6 nitrogen and oxygen atoms in total. The largest absolute Gasteiger partial charge is 0.447 e. The molecule has 3 saturated heterocycles. The van der Waals surface area contributed by atoms with Crippen LogP contribution >= 0.6 is 0 Å². The van der Waals surface area contributed by atoms with E-state index in [9.17, 15) is 15.8 Å². The molecule has 4 atom stereocenters. The molecule has 4 rings (SSSR count). The van der Waals surface area contributed by atoms with Gasteiger partial charge >= 0.3 is 0 Å². The number of nitriles is 3. The lowest BCUT2D eigenvalue weighted by Crippen LogP contribution is -2.75. The van der Waals surface area contributed by atoms with Gasteiger partial charge in [0.2, 0.25) is 11.7 Å². The molecular formula is C14H14N4O2. The summed E-state index contributed by atoms with van der Waals surface area (Å²) in [5, 5.41) is 37.1. The maximum absolute atomic E-state index is 9.70. The molecule has 102 valence electrons. The van der Waals surface area contributed by atoms with Gasteiger partial charge in [-0.1, -0.05) is 6.42 Å². The monoisotopic (exact) mass is 270 g/mol. The van der Waals surface area contributed by atoms with Crippen LogP contribution in [-0.4, -0.2) is 17.8 Å². The predicted octanol–water partition coefficient (Wildman–Crippen LogP) is 1.84. The second kappa shape index (κ2) is 3.72. The highest BCUT2D eigenvalue weighted by Gasteiger charge is 2.79. The number of hydrogen-bond acceptors (Lipinski definition) is 6. The first-order valence-corrected chi connectivity index (χ1v) is 6.72. The first-order valence-electron chi connectivity index (χ1n) is 6.72. The Balaban J connectivity index is 2.31. The fourth-order valence-corrected chi connectivity index (χ4v) is 4.13. The van der Waals surface area contributed by atoms with E-state index in [-0.39, 0.29) is 5.90 Å². The highest BCUT2D eigenvalue weighted by molar-refractivity contribution is 5.88. The molecule has 1 saturated carbocycles. The van der Waals surface area contributed by atoms with E-state index in [2.05, 4.69) is 12.1 Å². The summed E-state index contributed by atoms with van der Waals surface area (Å²) in [4.78, 5) is 0. The van der Waals surface area contributed by atoms with Crippen LogP contribution in [0.3, 0.4) is 0 Å². The fourth-order valence-electron chi connectivity index (χ4n) is 4.13. The van der Waals surface area contributed by atoms with Crippen LogP contribution in [0.15, 0.2) is 0 Å². The van der Waals surface area contributed by atoms with Gasteiger partial charge in [-0.15, -0.1) is 0 Å². The molecule has 6 heteroatoms. The third-order valence-corrected chi connectivity index (χ3v) is 5.09. The summed E-state index contributed by atoms with van der Waals surface area (Å²) in [5.41, 5.74) is -3.21. The summed E-state index contributed by atoms with van der Waals surface area (Å²) in [5.74, 6) is -1.86. The normalized spacial score (nSPS) is 44.4. The van der Waals surface area contributed by atoms with Gasteiger partial charge in [-0.25, -0.2) is 0 Å². The van der Waals surface area contributed by atoms with E-state index >= 15 is 0 Å². The van der Waals surface area contributed by atoms with E-state index in [0.717, 1.165) is 12.8 Å². The van der Waals surface area contributed by atoms with Crippen molar-refractivity contribution in [1.29, 1.82) is 21.2 Å². The van der Waals surface area contributed by atoms with Gasteiger partial charge in [0.05, 0.1) is 30.2 Å². The first-order chi connectivity index (χ1) is 9.53. The van der Waals surface area contributed by atoms with Gasteiger partial charge in [0.1, 0.15) is 0 Å². The number of nitrogens with zero attached hydrogens (tertiary/aromatic N) is 3. The molecule has 3 heterocycles. The molecule has 20 heavy (non-hydrogen) atoms. The lowest BCUT2D eigenvalue weighted by Gasteiger charge is -2.63. The third kappa shape index (κ3) is 1.05. The van der Waals surface area contributed by atoms with Crippen molar-refractivity contribution in [3.05, 3.63) is 0 Å². The van der Waals surface area contributed by atoms with Crippen molar-refractivity contribution in [2.75, 3.05) is 0 Å². The molecule has 1 spiro atoms. The van der Waals surface area contributed by atoms with E-state index in [0.29, 0.717) is 12.8 Å². The maximum atomic E-state index is 9.70. The molecule has 0 aromatic rings. The van der Waals surface area contributed by atoms with Gasteiger partial charge in [0, 0.05) is 6.42 Å². The van der Waals surface area contributed by atoms with Crippen LogP contribution in [0.4, 0.5) is 0 Å². The Kier molecular flexibility index (Phi) is 2.40. The van der Waals surface area contributed by atoms with E-state index in [1.54, 1.807) is 6.92 Å². The Bertz CT molecular complexity index is 596. The summed E-state index contributed by atoms with van der Waals surface area (Å²) in [6, 6.07) is 6.13. The maximum Gasteiger partial charge on any atom is 0.217 e. The quantitative estimate of drug-likeness (QED) is 0.721. The summed E-state index contributed by atoms with van der Waals surface area (Å²) < 4.78 is 11.5. The lowest BCUT2D eigenvalue weighted by atomic mass is 9.49. The van der Waals surface area contributed by atoms with Crippen molar-refractivity contribution in [3.8, 4) is 18.2 Å². The number of rotatable bonds is 0. The first kappa shape index (κ1) is 12.9. The van der Waals surface area contributed by atoms with Crippen LogP contribution in [-0.2, 0) is 9.47 Å². The topological polar surface area (TPSA) is 114 Å². The minimum Gasteiger partial charge on any atom is -0.447 e. The van der Waals surface area contributed by atoms with E-state index in [1.807, 2.05) is 6.07 Å². The van der Waals surface area contributed by atoms with Crippen LogP contribution in [0, 0.1) is 56.2 Å². The van der Waals surface area contributed by atoms with E-state index in [4.69, 9.17) is 14.9 Å². The Morgan fingerprint density at radius 1 is 1.20 bits per heavy atom. The van der Waals surface area contributed by atoms with Crippen LogP contribution in [0.2, 0.25) is 0 Å². The Labute approximate surface area is 117 Å². The minimum atomic E-state index is -1.64. The van der Waals surface area contributed by atoms with Crippen LogP contribution < -0.4 is 0 Å². The fraction of sp³-hybridized carbons (Fsp3) is 0.714. The molecule has 1 N–H and O–H groups in total. The standard InChI is InChI=1S/C14H14N4O2/c1-9-13(8-17)11(18)20-14(19-9)5-3-2-4-10(14)12(13,6-15)7-16/h9-10,18H,2-5H2,1H3. The summed E-state index contributed by atoms with van der Waals surface area (Å²) in [7, 11) is 0. The van der Waals surface area contributed by atoms with Crippen molar-refractivity contribution >= 4 is 5.90 Å². The lowest BCUT2D eigenvalue weighted by molar-refractivity contribution is -0.353. The molecule has 2 bridgehead atoms. The van der Waals surface area contributed by atoms with Crippen molar-refractivity contribution in [3.63, 3.8) is 0 Å². The van der Waals surface area contributed by atoms with Crippen molar-refractivity contribution in [2.24, 2.45) is 16.7 Å². The average molecular weight is 270 g/mol. The number of fused-ring (bicyclic) bond motifs is 2. The molecule has 4 aliphatic rings. The van der Waals surface area contributed by atoms with Crippen molar-refractivity contribution in [2.45, 2.75) is 44.5 Å². The van der Waals surface area contributed by atoms with Crippen LogP contribution in [0.5, 0.6) is 0 Å². The average Bonchev–Trinajstić information content (AvgIpc) is 2.45. The van der Waals surface area contributed by atoms with Gasteiger partial charge in [-0.05, 0) is 19.8 Å². The third-order valence-electron chi connectivity index (χ3n) is 5.09. The Hall–Kier alpha value is -2.10.